The lowest BCUT2D eigenvalue weighted by molar-refractivity contribution is 1.31. The van der Waals surface area contributed by atoms with Gasteiger partial charge in [-0.3, -0.25) is 0 Å². The van der Waals surface area contributed by atoms with Gasteiger partial charge in [0.15, 0.2) is 0 Å². The fourth-order valence-electron chi connectivity index (χ4n) is 1.68. The average Bonchev–Trinajstić information content (AvgIpc) is 2.32. The molecule has 0 amide bonds. The lowest BCUT2D eigenvalue weighted by Gasteiger charge is -2.22. The van der Waals surface area contributed by atoms with Gasteiger partial charge in [-0.05, 0) is 30.3 Å². The zero-order chi connectivity index (χ0) is 12.0. The van der Waals surface area contributed by atoms with E-state index in [2.05, 4.69) is 27.3 Å². The third kappa shape index (κ3) is 2.06. The topological polar surface area (TPSA) is 12.0 Å². The van der Waals surface area contributed by atoms with Gasteiger partial charge in [-0.25, -0.2) is 0 Å². The zero-order valence-electron chi connectivity index (χ0n) is 8.43. The number of halogens is 3. The maximum absolute atomic E-state index is 6.19. The van der Waals surface area contributed by atoms with Crippen LogP contribution in [0.4, 0.5) is 11.4 Å². The molecule has 0 bridgehead atoms. The summed E-state index contributed by atoms with van der Waals surface area (Å²) in [5.74, 6) is 0. The molecule has 0 aliphatic carbocycles. The first kappa shape index (κ1) is 11.7. The van der Waals surface area contributed by atoms with E-state index in [0.717, 1.165) is 25.6 Å². The number of hydrogen-bond donors (Lipinski definition) is 1. The van der Waals surface area contributed by atoms with Crippen molar-refractivity contribution in [1.29, 1.82) is 0 Å². The van der Waals surface area contributed by atoms with E-state index >= 15 is 0 Å². The van der Waals surface area contributed by atoms with Crippen molar-refractivity contribution in [2.24, 2.45) is 0 Å². The molecule has 1 nitrogen and oxygen atoms in total. The van der Waals surface area contributed by atoms with Gasteiger partial charge in [0.1, 0.15) is 0 Å². The number of fused-ring (bicyclic) bond motifs is 2. The van der Waals surface area contributed by atoms with E-state index in [1.165, 1.54) is 0 Å². The highest BCUT2D eigenvalue weighted by Crippen LogP contribution is 2.50. The van der Waals surface area contributed by atoms with Gasteiger partial charge >= 0.3 is 0 Å². The molecule has 0 atom stereocenters. The third-order valence-corrected chi connectivity index (χ3v) is 4.90. The van der Waals surface area contributed by atoms with E-state index in [-0.39, 0.29) is 0 Å². The smallest absolute Gasteiger partial charge is 0.0730 e. The SMILES string of the molecule is Clc1ccc(Cl)c2c1Nc1ccc(Br)cc1S2. The molecule has 0 spiro atoms. The Morgan fingerprint density at radius 1 is 1.06 bits per heavy atom. The average molecular weight is 347 g/mol. The summed E-state index contributed by atoms with van der Waals surface area (Å²) >= 11 is 17.4. The molecular weight excluding hydrogens is 341 g/mol. The number of hydrogen-bond acceptors (Lipinski definition) is 2. The molecule has 86 valence electrons. The van der Waals surface area contributed by atoms with Crippen molar-refractivity contribution in [2.45, 2.75) is 9.79 Å². The van der Waals surface area contributed by atoms with E-state index in [1.807, 2.05) is 18.2 Å². The lowest BCUT2D eigenvalue weighted by atomic mass is 10.2. The number of nitrogens with one attached hydrogen (secondary N) is 1. The van der Waals surface area contributed by atoms with Gasteiger partial charge in [0, 0.05) is 9.37 Å². The van der Waals surface area contributed by atoms with Crippen LogP contribution >= 0.6 is 50.9 Å². The summed E-state index contributed by atoms with van der Waals surface area (Å²) in [5, 5.41) is 4.72. The molecule has 1 N–H and O–H groups in total. The maximum Gasteiger partial charge on any atom is 0.0730 e. The van der Waals surface area contributed by atoms with Gasteiger partial charge in [0.05, 0.1) is 26.3 Å². The normalized spacial score (nSPS) is 12.6. The molecule has 0 unspecified atom stereocenters. The molecular formula is C12H6BrCl2NS. The number of benzene rings is 2. The Balaban J connectivity index is 2.17. The van der Waals surface area contributed by atoms with Gasteiger partial charge in [-0.1, -0.05) is 50.9 Å². The monoisotopic (exact) mass is 345 g/mol. The first-order valence-corrected chi connectivity index (χ1v) is 7.24. The fourth-order valence-corrected chi connectivity index (χ4v) is 3.79. The van der Waals surface area contributed by atoms with Crippen molar-refractivity contribution < 1.29 is 0 Å². The van der Waals surface area contributed by atoms with E-state index in [1.54, 1.807) is 17.8 Å². The number of rotatable bonds is 0. The Morgan fingerprint density at radius 2 is 1.82 bits per heavy atom. The van der Waals surface area contributed by atoms with Crippen LogP contribution in [-0.4, -0.2) is 0 Å². The molecule has 17 heavy (non-hydrogen) atoms. The molecule has 0 radical (unpaired) electrons. The van der Waals surface area contributed by atoms with Gasteiger partial charge in [-0.2, -0.15) is 0 Å². The molecule has 1 heterocycles. The van der Waals surface area contributed by atoms with E-state index < -0.39 is 0 Å². The summed E-state index contributed by atoms with van der Waals surface area (Å²) in [4.78, 5) is 2.11. The molecule has 0 fully saturated rings. The summed E-state index contributed by atoms with van der Waals surface area (Å²) in [5.41, 5.74) is 1.94. The summed E-state index contributed by atoms with van der Waals surface area (Å²) in [6, 6.07) is 9.70. The van der Waals surface area contributed by atoms with Gasteiger partial charge in [-0.15, -0.1) is 0 Å². The Hall–Kier alpha value is -0.350. The maximum atomic E-state index is 6.19. The Kier molecular flexibility index (Phi) is 3.03. The summed E-state index contributed by atoms with van der Waals surface area (Å²) in [6.45, 7) is 0. The highest BCUT2D eigenvalue weighted by Gasteiger charge is 2.20. The minimum absolute atomic E-state index is 0.686. The minimum Gasteiger partial charge on any atom is -0.352 e. The third-order valence-electron chi connectivity index (χ3n) is 2.47. The summed E-state index contributed by atoms with van der Waals surface area (Å²) in [6.07, 6.45) is 0. The molecule has 1 aliphatic heterocycles. The molecule has 5 heteroatoms. The number of anilines is 2. The molecule has 2 aromatic carbocycles. The molecule has 2 aromatic rings. The van der Waals surface area contributed by atoms with Gasteiger partial charge in [0.2, 0.25) is 0 Å². The van der Waals surface area contributed by atoms with Gasteiger partial charge in [0.25, 0.3) is 0 Å². The predicted molar refractivity (Wildman–Crippen MR) is 78.0 cm³/mol. The lowest BCUT2D eigenvalue weighted by Crippen LogP contribution is -2.00. The van der Waals surface area contributed by atoms with E-state index in [4.69, 9.17) is 23.2 Å². The van der Waals surface area contributed by atoms with Crippen molar-refractivity contribution in [3.05, 3.63) is 44.8 Å². The standard InChI is InChI=1S/C12H6BrCl2NS/c13-6-1-4-9-10(5-6)17-12-8(15)3-2-7(14)11(12)16-9/h1-5,16H. The first-order valence-electron chi connectivity index (χ1n) is 4.87. The van der Waals surface area contributed by atoms with Crippen LogP contribution in [0.15, 0.2) is 44.6 Å². The molecule has 3 rings (SSSR count). The Morgan fingerprint density at radius 3 is 2.65 bits per heavy atom. The minimum atomic E-state index is 0.686. The van der Waals surface area contributed by atoms with E-state index in [9.17, 15) is 0 Å². The first-order chi connectivity index (χ1) is 8.15. The zero-order valence-corrected chi connectivity index (χ0v) is 12.3. The molecule has 0 saturated heterocycles. The van der Waals surface area contributed by atoms with Crippen molar-refractivity contribution in [1.82, 2.24) is 0 Å². The van der Waals surface area contributed by atoms with Crippen LogP contribution in [0.25, 0.3) is 0 Å². The van der Waals surface area contributed by atoms with Crippen LogP contribution in [0.2, 0.25) is 10.0 Å². The van der Waals surface area contributed by atoms with Crippen molar-refractivity contribution >= 4 is 62.3 Å². The van der Waals surface area contributed by atoms with Crippen LogP contribution in [0.5, 0.6) is 0 Å². The van der Waals surface area contributed by atoms with Gasteiger partial charge < -0.3 is 5.32 Å². The molecule has 1 aliphatic rings. The van der Waals surface area contributed by atoms with Crippen LogP contribution in [0.3, 0.4) is 0 Å². The van der Waals surface area contributed by atoms with Crippen LogP contribution in [0.1, 0.15) is 0 Å². The van der Waals surface area contributed by atoms with Crippen LogP contribution in [-0.2, 0) is 0 Å². The largest absolute Gasteiger partial charge is 0.352 e. The van der Waals surface area contributed by atoms with Crippen molar-refractivity contribution in [3.63, 3.8) is 0 Å². The molecule has 0 aromatic heterocycles. The second-order valence-electron chi connectivity index (χ2n) is 3.60. The highest BCUT2D eigenvalue weighted by atomic mass is 79.9. The second-order valence-corrected chi connectivity index (χ2v) is 6.38. The Bertz CT molecular complexity index is 616. The van der Waals surface area contributed by atoms with Crippen LogP contribution < -0.4 is 5.32 Å². The Labute approximate surface area is 122 Å². The quantitative estimate of drug-likeness (QED) is 0.538. The molecule has 0 saturated carbocycles. The summed E-state index contributed by atoms with van der Waals surface area (Å²) < 4.78 is 1.05. The fraction of sp³-hybridized carbons (Fsp3) is 0. The predicted octanol–water partition coefficient (Wildman–Crippen LogP) is 5.96. The van der Waals surface area contributed by atoms with Crippen molar-refractivity contribution in [3.8, 4) is 0 Å². The van der Waals surface area contributed by atoms with Crippen LogP contribution in [0, 0.1) is 0 Å². The second kappa shape index (κ2) is 4.39. The van der Waals surface area contributed by atoms with E-state index in [0.29, 0.717) is 10.0 Å². The highest BCUT2D eigenvalue weighted by molar-refractivity contribution is 9.10. The summed E-state index contributed by atoms with van der Waals surface area (Å²) in [7, 11) is 0. The van der Waals surface area contributed by atoms with Crippen molar-refractivity contribution in [2.75, 3.05) is 5.32 Å².